The van der Waals surface area contributed by atoms with Gasteiger partial charge in [0.25, 0.3) is 0 Å². The molecule has 1 N–H and O–H groups in total. The number of nitrogens with one attached hydrogen (secondary N) is 1. The zero-order valence-corrected chi connectivity index (χ0v) is 10.4. The number of ether oxygens (including phenoxy) is 1. The third kappa shape index (κ3) is 2.80. The lowest BCUT2D eigenvalue weighted by Crippen LogP contribution is -2.19. The highest BCUT2D eigenvalue weighted by Gasteiger charge is 2.19. The van der Waals surface area contributed by atoms with Crippen LogP contribution in [0, 0.1) is 13.8 Å². The molecule has 2 heterocycles. The highest BCUT2D eigenvalue weighted by atomic mass is 32.1. The fourth-order valence-electron chi connectivity index (χ4n) is 1.71. The Hall–Kier alpha value is -0.940. The minimum atomic E-state index is 0.000602. The number of carbonyl (C=O) groups excluding carboxylic acids is 1. The van der Waals surface area contributed by atoms with Gasteiger partial charge < -0.3 is 10.1 Å². The van der Waals surface area contributed by atoms with Gasteiger partial charge in [-0.15, -0.1) is 11.3 Å². The molecule has 0 spiro atoms. The Morgan fingerprint density at radius 2 is 2.44 bits per heavy atom. The van der Waals surface area contributed by atoms with Gasteiger partial charge in [-0.25, -0.2) is 4.98 Å². The van der Waals surface area contributed by atoms with Gasteiger partial charge in [0.05, 0.1) is 18.2 Å². The largest absolute Gasteiger partial charge is 0.378 e. The maximum atomic E-state index is 11.7. The summed E-state index contributed by atoms with van der Waals surface area (Å²) in [5.74, 6) is 0.000602. The average Bonchev–Trinajstić information content (AvgIpc) is 2.78. The molecular formula is C11H16N2O2S. The molecule has 1 amide bonds. The lowest BCUT2D eigenvalue weighted by Gasteiger charge is -2.07. The Bertz CT molecular complexity index is 364. The predicted octanol–water partition coefficient (Wildman–Crippen LogP) is 2.27. The molecule has 0 aliphatic carbocycles. The fourth-order valence-corrected chi connectivity index (χ4v) is 2.54. The van der Waals surface area contributed by atoms with Gasteiger partial charge in [-0.2, -0.15) is 0 Å². The van der Waals surface area contributed by atoms with E-state index >= 15 is 0 Å². The number of anilines is 1. The van der Waals surface area contributed by atoms with Crippen molar-refractivity contribution < 1.29 is 9.53 Å². The quantitative estimate of drug-likeness (QED) is 0.881. The van der Waals surface area contributed by atoms with Crippen LogP contribution in [0.4, 0.5) is 5.13 Å². The first-order chi connectivity index (χ1) is 7.65. The molecule has 1 atom stereocenters. The smallest absolute Gasteiger partial charge is 0.228 e. The Balaban J connectivity index is 1.86. The standard InChI is InChI=1S/C11H16N2O2S/c1-7-8(2)16-11(12-7)13-10(14)6-9-4-3-5-15-9/h9H,3-6H2,1-2H3,(H,12,13,14). The Labute approximate surface area is 99.0 Å². The van der Waals surface area contributed by atoms with Crippen molar-refractivity contribution in [1.29, 1.82) is 0 Å². The summed E-state index contributed by atoms with van der Waals surface area (Å²) in [7, 11) is 0. The maximum absolute atomic E-state index is 11.7. The topological polar surface area (TPSA) is 51.2 Å². The van der Waals surface area contributed by atoms with Crippen LogP contribution in [0.15, 0.2) is 0 Å². The second-order valence-corrected chi connectivity index (χ2v) is 5.25. The zero-order valence-electron chi connectivity index (χ0n) is 9.58. The van der Waals surface area contributed by atoms with E-state index < -0.39 is 0 Å². The number of amides is 1. The summed E-state index contributed by atoms with van der Waals surface area (Å²) in [4.78, 5) is 17.1. The lowest BCUT2D eigenvalue weighted by molar-refractivity contribution is -0.118. The molecule has 4 nitrogen and oxygen atoms in total. The summed E-state index contributed by atoms with van der Waals surface area (Å²) in [5, 5.41) is 3.51. The molecule has 1 fully saturated rings. The summed E-state index contributed by atoms with van der Waals surface area (Å²) in [5.41, 5.74) is 0.984. The molecule has 1 saturated heterocycles. The molecule has 1 aromatic rings. The summed E-state index contributed by atoms with van der Waals surface area (Å²) in [6, 6.07) is 0. The van der Waals surface area contributed by atoms with E-state index in [2.05, 4.69) is 10.3 Å². The van der Waals surface area contributed by atoms with Crippen molar-refractivity contribution in [3.8, 4) is 0 Å². The van der Waals surface area contributed by atoms with Crippen LogP contribution in [0.2, 0.25) is 0 Å². The molecule has 0 bridgehead atoms. The Kier molecular flexibility index (Phi) is 3.56. The Morgan fingerprint density at radius 3 is 3.00 bits per heavy atom. The van der Waals surface area contributed by atoms with Gasteiger partial charge in [0.1, 0.15) is 0 Å². The molecule has 0 saturated carbocycles. The summed E-state index contributed by atoms with van der Waals surface area (Å²) in [6.45, 7) is 4.73. The highest BCUT2D eigenvalue weighted by molar-refractivity contribution is 7.15. The minimum Gasteiger partial charge on any atom is -0.378 e. The number of aryl methyl sites for hydroxylation is 2. The molecule has 0 radical (unpaired) electrons. The molecule has 1 aromatic heterocycles. The monoisotopic (exact) mass is 240 g/mol. The first-order valence-corrected chi connectivity index (χ1v) is 6.32. The van der Waals surface area contributed by atoms with E-state index in [1.54, 1.807) is 0 Å². The van der Waals surface area contributed by atoms with Crippen molar-refractivity contribution in [2.24, 2.45) is 0 Å². The van der Waals surface area contributed by atoms with Crippen molar-refractivity contribution in [2.45, 2.75) is 39.2 Å². The number of carbonyl (C=O) groups is 1. The van der Waals surface area contributed by atoms with Crippen LogP contribution < -0.4 is 5.32 Å². The van der Waals surface area contributed by atoms with Crippen LogP contribution >= 0.6 is 11.3 Å². The van der Waals surface area contributed by atoms with Gasteiger partial charge in [-0.05, 0) is 26.7 Å². The van der Waals surface area contributed by atoms with E-state index in [-0.39, 0.29) is 12.0 Å². The van der Waals surface area contributed by atoms with Gasteiger partial charge in [0.2, 0.25) is 5.91 Å². The number of nitrogens with zero attached hydrogens (tertiary/aromatic N) is 1. The van der Waals surface area contributed by atoms with Gasteiger partial charge in [0.15, 0.2) is 5.13 Å². The summed E-state index contributed by atoms with van der Waals surface area (Å²) >= 11 is 1.52. The molecular weight excluding hydrogens is 224 g/mol. The number of hydrogen-bond acceptors (Lipinski definition) is 4. The predicted molar refractivity (Wildman–Crippen MR) is 63.8 cm³/mol. The Morgan fingerprint density at radius 1 is 1.62 bits per heavy atom. The molecule has 88 valence electrons. The SMILES string of the molecule is Cc1nc(NC(=O)CC2CCCO2)sc1C. The average molecular weight is 240 g/mol. The van der Waals surface area contributed by atoms with E-state index in [9.17, 15) is 4.79 Å². The van der Waals surface area contributed by atoms with Gasteiger partial charge in [-0.3, -0.25) is 4.79 Å². The van der Waals surface area contributed by atoms with Gasteiger partial charge >= 0.3 is 0 Å². The van der Waals surface area contributed by atoms with Gasteiger partial charge in [0, 0.05) is 11.5 Å². The molecule has 5 heteroatoms. The van der Waals surface area contributed by atoms with Crippen molar-refractivity contribution in [1.82, 2.24) is 4.98 Å². The number of hydrogen-bond donors (Lipinski definition) is 1. The first kappa shape index (κ1) is 11.5. The number of aromatic nitrogens is 1. The third-order valence-electron chi connectivity index (χ3n) is 2.71. The van der Waals surface area contributed by atoms with Crippen molar-refractivity contribution in [3.63, 3.8) is 0 Å². The van der Waals surface area contributed by atoms with E-state index in [1.165, 1.54) is 11.3 Å². The lowest BCUT2D eigenvalue weighted by atomic mass is 10.2. The first-order valence-electron chi connectivity index (χ1n) is 5.50. The van der Waals surface area contributed by atoms with Crippen LogP contribution in [-0.4, -0.2) is 23.6 Å². The third-order valence-corrected chi connectivity index (χ3v) is 3.70. The minimum absolute atomic E-state index is 0.000602. The van der Waals surface area contributed by atoms with E-state index in [0.29, 0.717) is 11.6 Å². The molecule has 2 rings (SSSR count). The highest BCUT2D eigenvalue weighted by Crippen LogP contribution is 2.22. The van der Waals surface area contributed by atoms with Crippen molar-refractivity contribution in [2.75, 3.05) is 11.9 Å². The molecule has 16 heavy (non-hydrogen) atoms. The second kappa shape index (κ2) is 4.93. The number of thiazole rings is 1. The van der Waals surface area contributed by atoms with Crippen LogP contribution in [0.25, 0.3) is 0 Å². The molecule has 1 aliphatic rings. The summed E-state index contributed by atoms with van der Waals surface area (Å²) in [6.07, 6.45) is 2.59. The normalized spacial score (nSPS) is 20.0. The van der Waals surface area contributed by atoms with Crippen LogP contribution in [0.5, 0.6) is 0 Å². The van der Waals surface area contributed by atoms with Crippen LogP contribution in [-0.2, 0) is 9.53 Å². The van der Waals surface area contributed by atoms with E-state index in [4.69, 9.17) is 4.74 Å². The number of rotatable bonds is 3. The summed E-state index contributed by atoms with van der Waals surface area (Å²) < 4.78 is 5.41. The van der Waals surface area contributed by atoms with E-state index in [0.717, 1.165) is 30.0 Å². The van der Waals surface area contributed by atoms with Crippen molar-refractivity contribution >= 4 is 22.4 Å². The maximum Gasteiger partial charge on any atom is 0.228 e. The molecule has 0 aromatic carbocycles. The molecule has 1 unspecified atom stereocenters. The second-order valence-electron chi connectivity index (χ2n) is 4.05. The fraction of sp³-hybridized carbons (Fsp3) is 0.636. The van der Waals surface area contributed by atoms with Crippen LogP contribution in [0.3, 0.4) is 0 Å². The van der Waals surface area contributed by atoms with Gasteiger partial charge in [-0.1, -0.05) is 0 Å². The molecule has 1 aliphatic heterocycles. The van der Waals surface area contributed by atoms with Crippen molar-refractivity contribution in [3.05, 3.63) is 10.6 Å². The zero-order chi connectivity index (χ0) is 11.5. The van der Waals surface area contributed by atoms with E-state index in [1.807, 2.05) is 13.8 Å². The van der Waals surface area contributed by atoms with Crippen LogP contribution in [0.1, 0.15) is 29.8 Å².